The van der Waals surface area contributed by atoms with Gasteiger partial charge in [0.2, 0.25) is 0 Å². The molecule has 0 spiro atoms. The van der Waals surface area contributed by atoms with E-state index in [0.717, 1.165) is 9.15 Å². The first-order valence-electron chi connectivity index (χ1n) is 8.82. The molecule has 1 aliphatic heterocycles. The van der Waals surface area contributed by atoms with Crippen molar-refractivity contribution in [3.63, 3.8) is 0 Å². The van der Waals surface area contributed by atoms with Gasteiger partial charge in [0.05, 0.1) is 11.7 Å². The minimum Gasteiger partial charge on any atom is -0.363 e. The third-order valence-corrected chi connectivity index (χ3v) is 5.53. The fourth-order valence-electron chi connectivity index (χ4n) is 3.26. The van der Waals surface area contributed by atoms with Crippen LogP contribution in [-0.4, -0.2) is 26.8 Å². The standard InChI is InChI=1S/C19H14BrClF3N5O/c20-11-5-3-10(4-6-11)13-8-15(19(22,23)24)29-16(26-13)9-14(28-29)18(30)27-12-2-1-7-25-17(12)21/h1-7,9,13,15,26H,8H2,(H,27,30). The molecule has 0 saturated carbocycles. The second kappa shape index (κ2) is 7.92. The number of halogens is 5. The third kappa shape index (κ3) is 4.15. The number of amides is 1. The number of benzene rings is 1. The highest BCUT2D eigenvalue weighted by Crippen LogP contribution is 2.43. The maximum atomic E-state index is 13.8. The third-order valence-electron chi connectivity index (χ3n) is 4.70. The Kier molecular flexibility index (Phi) is 5.46. The molecule has 0 radical (unpaired) electrons. The fraction of sp³-hybridized carbons (Fsp3) is 0.211. The Morgan fingerprint density at radius 1 is 1.27 bits per heavy atom. The van der Waals surface area contributed by atoms with Crippen LogP contribution in [0.5, 0.6) is 0 Å². The summed E-state index contributed by atoms with van der Waals surface area (Å²) in [7, 11) is 0. The van der Waals surface area contributed by atoms with E-state index >= 15 is 0 Å². The number of hydrogen-bond acceptors (Lipinski definition) is 4. The van der Waals surface area contributed by atoms with Crippen LogP contribution in [0.3, 0.4) is 0 Å². The molecule has 0 aliphatic carbocycles. The van der Waals surface area contributed by atoms with Crippen LogP contribution in [0.15, 0.2) is 53.1 Å². The number of pyridine rings is 1. The van der Waals surface area contributed by atoms with E-state index in [1.54, 1.807) is 30.3 Å². The number of carbonyl (C=O) groups excluding carboxylic acids is 1. The largest absolute Gasteiger partial charge is 0.410 e. The average Bonchev–Trinajstić information content (AvgIpc) is 3.13. The minimum atomic E-state index is -4.53. The van der Waals surface area contributed by atoms with Crippen molar-refractivity contribution in [1.29, 1.82) is 0 Å². The lowest BCUT2D eigenvalue weighted by atomic mass is 9.97. The topological polar surface area (TPSA) is 71.8 Å². The van der Waals surface area contributed by atoms with Crippen molar-refractivity contribution in [3.05, 3.63) is 69.5 Å². The molecule has 2 unspecified atom stereocenters. The van der Waals surface area contributed by atoms with Crippen molar-refractivity contribution in [3.8, 4) is 0 Å². The Morgan fingerprint density at radius 2 is 2.00 bits per heavy atom. The van der Waals surface area contributed by atoms with Gasteiger partial charge in [-0.05, 0) is 29.8 Å². The predicted molar refractivity (Wildman–Crippen MR) is 110 cm³/mol. The zero-order valence-electron chi connectivity index (χ0n) is 15.1. The van der Waals surface area contributed by atoms with Crippen LogP contribution in [0.2, 0.25) is 5.15 Å². The quantitative estimate of drug-likeness (QED) is 0.459. The summed E-state index contributed by atoms with van der Waals surface area (Å²) in [5.41, 5.74) is 0.777. The van der Waals surface area contributed by atoms with Crippen molar-refractivity contribution >= 4 is 44.9 Å². The van der Waals surface area contributed by atoms with Crippen LogP contribution in [0, 0.1) is 0 Å². The predicted octanol–water partition coefficient (Wildman–Crippen LogP) is 5.61. The van der Waals surface area contributed by atoms with Gasteiger partial charge in [0.25, 0.3) is 5.91 Å². The number of rotatable bonds is 3. The summed E-state index contributed by atoms with van der Waals surface area (Å²) in [5.74, 6) is -0.575. The first kappa shape index (κ1) is 20.7. The van der Waals surface area contributed by atoms with E-state index in [1.807, 2.05) is 0 Å². The van der Waals surface area contributed by atoms with Crippen molar-refractivity contribution < 1.29 is 18.0 Å². The maximum Gasteiger partial charge on any atom is 0.410 e. The lowest BCUT2D eigenvalue weighted by Gasteiger charge is -2.33. The zero-order valence-corrected chi connectivity index (χ0v) is 17.5. The van der Waals surface area contributed by atoms with E-state index in [2.05, 4.69) is 36.6 Å². The molecule has 4 rings (SSSR count). The molecule has 2 N–H and O–H groups in total. The number of aromatic nitrogens is 3. The highest BCUT2D eigenvalue weighted by Gasteiger charge is 2.46. The Balaban J connectivity index is 1.65. The van der Waals surface area contributed by atoms with Crippen LogP contribution < -0.4 is 10.6 Å². The fourth-order valence-corrected chi connectivity index (χ4v) is 3.69. The van der Waals surface area contributed by atoms with Gasteiger partial charge in [0, 0.05) is 23.2 Å². The summed E-state index contributed by atoms with van der Waals surface area (Å²) in [6.07, 6.45) is -3.33. The van der Waals surface area contributed by atoms with Gasteiger partial charge in [-0.2, -0.15) is 18.3 Å². The number of nitrogens with zero attached hydrogens (tertiary/aromatic N) is 3. The molecule has 2 atom stereocenters. The molecule has 6 nitrogen and oxygen atoms in total. The molecule has 0 saturated heterocycles. The van der Waals surface area contributed by atoms with E-state index in [0.29, 0.717) is 5.56 Å². The van der Waals surface area contributed by atoms with Gasteiger partial charge in [0.1, 0.15) is 5.82 Å². The number of alkyl halides is 3. The van der Waals surface area contributed by atoms with Gasteiger partial charge >= 0.3 is 6.18 Å². The maximum absolute atomic E-state index is 13.8. The Hall–Kier alpha value is -2.59. The number of nitrogens with one attached hydrogen (secondary N) is 2. The van der Waals surface area contributed by atoms with E-state index in [9.17, 15) is 18.0 Å². The van der Waals surface area contributed by atoms with Gasteiger partial charge in [0.15, 0.2) is 16.9 Å². The van der Waals surface area contributed by atoms with Gasteiger partial charge < -0.3 is 10.6 Å². The molecule has 1 amide bonds. The SMILES string of the molecule is O=C(Nc1cccnc1Cl)c1cc2n(n1)C(C(F)(F)F)CC(c1ccc(Br)cc1)N2. The molecular weight excluding hydrogens is 487 g/mol. The lowest BCUT2D eigenvalue weighted by molar-refractivity contribution is -0.173. The smallest absolute Gasteiger partial charge is 0.363 e. The highest BCUT2D eigenvalue weighted by atomic mass is 79.9. The zero-order chi connectivity index (χ0) is 21.5. The molecular formula is C19H14BrClF3N5O. The van der Waals surface area contributed by atoms with Crippen LogP contribution in [0.4, 0.5) is 24.7 Å². The van der Waals surface area contributed by atoms with Gasteiger partial charge in [-0.25, -0.2) is 9.67 Å². The summed E-state index contributed by atoms with van der Waals surface area (Å²) in [6, 6.07) is 8.97. The van der Waals surface area contributed by atoms with Gasteiger partial charge in [-0.15, -0.1) is 0 Å². The van der Waals surface area contributed by atoms with Crippen LogP contribution in [0.1, 0.15) is 34.6 Å². The Bertz CT molecular complexity index is 1090. The normalized spacial score (nSPS) is 18.4. The molecule has 3 heterocycles. The molecule has 1 aliphatic rings. The van der Waals surface area contributed by atoms with Gasteiger partial charge in [-0.1, -0.05) is 39.7 Å². The molecule has 2 aromatic heterocycles. The van der Waals surface area contributed by atoms with Crippen LogP contribution in [0.25, 0.3) is 0 Å². The van der Waals surface area contributed by atoms with Crippen molar-refractivity contribution in [2.45, 2.75) is 24.7 Å². The minimum absolute atomic E-state index is 0.0661. The molecule has 30 heavy (non-hydrogen) atoms. The van der Waals surface area contributed by atoms with E-state index < -0.39 is 24.2 Å². The average molecular weight is 501 g/mol. The summed E-state index contributed by atoms with van der Waals surface area (Å²) < 4.78 is 42.9. The highest BCUT2D eigenvalue weighted by molar-refractivity contribution is 9.10. The second-order valence-electron chi connectivity index (χ2n) is 6.70. The van der Waals surface area contributed by atoms with E-state index in [-0.39, 0.29) is 28.8 Å². The second-order valence-corrected chi connectivity index (χ2v) is 7.97. The summed E-state index contributed by atoms with van der Waals surface area (Å²) in [6.45, 7) is 0. The summed E-state index contributed by atoms with van der Waals surface area (Å²) >= 11 is 9.24. The molecule has 1 aromatic carbocycles. The summed E-state index contributed by atoms with van der Waals surface area (Å²) in [5, 5.41) is 9.55. The molecule has 0 fully saturated rings. The van der Waals surface area contributed by atoms with Crippen LogP contribution >= 0.6 is 27.5 Å². The van der Waals surface area contributed by atoms with Crippen molar-refractivity contribution in [1.82, 2.24) is 14.8 Å². The first-order valence-corrected chi connectivity index (χ1v) is 9.99. The Morgan fingerprint density at radius 3 is 2.67 bits per heavy atom. The summed E-state index contributed by atoms with van der Waals surface area (Å²) in [4.78, 5) is 16.4. The monoisotopic (exact) mass is 499 g/mol. The first-order chi connectivity index (χ1) is 14.2. The number of hydrogen-bond donors (Lipinski definition) is 2. The van der Waals surface area contributed by atoms with Gasteiger partial charge in [-0.3, -0.25) is 4.79 Å². The number of fused-ring (bicyclic) bond motifs is 1. The lowest BCUT2D eigenvalue weighted by Crippen LogP contribution is -2.35. The molecule has 156 valence electrons. The van der Waals surface area contributed by atoms with E-state index in [1.165, 1.54) is 18.3 Å². The van der Waals surface area contributed by atoms with E-state index in [4.69, 9.17) is 11.6 Å². The van der Waals surface area contributed by atoms with Crippen LogP contribution in [-0.2, 0) is 0 Å². The molecule has 11 heteroatoms. The number of anilines is 2. The van der Waals surface area contributed by atoms with Crippen molar-refractivity contribution in [2.24, 2.45) is 0 Å². The Labute approximate surface area is 182 Å². The number of carbonyl (C=O) groups is 1. The van der Waals surface area contributed by atoms with Crippen molar-refractivity contribution in [2.75, 3.05) is 10.6 Å². The molecule has 0 bridgehead atoms. The molecule has 3 aromatic rings.